The number of rotatable bonds is 9. The van der Waals surface area contributed by atoms with Gasteiger partial charge < -0.3 is 10.1 Å². The van der Waals surface area contributed by atoms with Crippen molar-refractivity contribution < 1.29 is 22.7 Å². The highest BCUT2D eigenvalue weighted by Gasteiger charge is 2.23. The quantitative estimate of drug-likeness (QED) is 0.485. The Bertz CT molecular complexity index is 1210. The predicted octanol–water partition coefficient (Wildman–Crippen LogP) is 3.91. The molecule has 0 aliphatic rings. The van der Waals surface area contributed by atoms with Crippen LogP contribution in [0.4, 0.5) is 5.69 Å². The second-order valence-corrected chi connectivity index (χ2v) is 8.95. The van der Waals surface area contributed by atoms with Gasteiger partial charge >= 0.3 is 5.97 Å². The molecule has 0 aliphatic heterocycles. The van der Waals surface area contributed by atoms with Gasteiger partial charge in [-0.15, -0.1) is 0 Å². The van der Waals surface area contributed by atoms with Crippen LogP contribution in [0.15, 0.2) is 90.3 Å². The van der Waals surface area contributed by atoms with E-state index < -0.39 is 21.9 Å². The molecule has 0 aromatic heterocycles. The molecule has 0 heterocycles. The van der Waals surface area contributed by atoms with Crippen molar-refractivity contribution in [2.45, 2.75) is 6.54 Å². The topological polar surface area (TPSA) is 92.8 Å². The van der Waals surface area contributed by atoms with Crippen molar-refractivity contribution in [2.24, 2.45) is 0 Å². The van der Waals surface area contributed by atoms with Gasteiger partial charge in [0.15, 0.2) is 0 Å². The van der Waals surface area contributed by atoms with Crippen LogP contribution in [0.5, 0.6) is 0 Å². The van der Waals surface area contributed by atoms with Crippen molar-refractivity contribution in [3.8, 4) is 0 Å². The maximum absolute atomic E-state index is 13.1. The van der Waals surface area contributed by atoms with Crippen LogP contribution >= 0.6 is 0 Å². The molecule has 0 saturated carbocycles. The highest BCUT2D eigenvalue weighted by atomic mass is 32.2. The van der Waals surface area contributed by atoms with E-state index in [0.29, 0.717) is 11.3 Å². The van der Waals surface area contributed by atoms with Crippen LogP contribution in [-0.2, 0) is 26.1 Å². The van der Waals surface area contributed by atoms with Crippen molar-refractivity contribution >= 4 is 33.7 Å². The molecule has 1 N–H and O–H groups in total. The van der Waals surface area contributed by atoms with Crippen LogP contribution in [0.3, 0.4) is 0 Å². The Kier molecular flexibility index (Phi) is 8.12. The average Bonchev–Trinajstić information content (AvgIpc) is 2.83. The fraction of sp³-hybridized carbons (Fsp3) is 0.120. The molecule has 0 bridgehead atoms. The Morgan fingerprint density at radius 2 is 1.52 bits per heavy atom. The maximum atomic E-state index is 13.1. The molecule has 7 nitrogen and oxygen atoms in total. The van der Waals surface area contributed by atoms with Gasteiger partial charge in [0.05, 0.1) is 19.2 Å². The molecule has 0 aliphatic carbocycles. The first-order chi connectivity index (χ1) is 15.9. The summed E-state index contributed by atoms with van der Waals surface area (Å²) in [6, 6.07) is 24.2. The number of benzene rings is 3. The summed E-state index contributed by atoms with van der Waals surface area (Å²) < 4.78 is 31.9. The smallest absolute Gasteiger partial charge is 0.337 e. The average molecular weight is 465 g/mol. The van der Waals surface area contributed by atoms with Gasteiger partial charge in [-0.1, -0.05) is 60.7 Å². The number of sulfonamides is 1. The third kappa shape index (κ3) is 7.13. The van der Waals surface area contributed by atoms with Crippen molar-refractivity contribution in [2.75, 3.05) is 19.0 Å². The zero-order chi connectivity index (χ0) is 23.7. The lowest BCUT2D eigenvalue weighted by molar-refractivity contribution is -0.116. The predicted molar refractivity (Wildman–Crippen MR) is 128 cm³/mol. The van der Waals surface area contributed by atoms with Crippen LogP contribution in [0.25, 0.3) is 6.08 Å². The third-order valence-corrected chi connectivity index (χ3v) is 6.16. The number of carbonyl (C=O) groups excluding carboxylic acids is 2. The highest BCUT2D eigenvalue weighted by Crippen LogP contribution is 2.15. The first-order valence-corrected chi connectivity index (χ1v) is 11.6. The van der Waals surface area contributed by atoms with E-state index in [9.17, 15) is 18.0 Å². The van der Waals surface area contributed by atoms with Crippen molar-refractivity contribution in [3.63, 3.8) is 0 Å². The molecule has 170 valence electrons. The number of nitrogens with one attached hydrogen (secondary N) is 1. The summed E-state index contributed by atoms with van der Waals surface area (Å²) >= 11 is 0. The van der Waals surface area contributed by atoms with Crippen LogP contribution in [0.2, 0.25) is 0 Å². The number of hydrogen-bond donors (Lipinski definition) is 1. The summed E-state index contributed by atoms with van der Waals surface area (Å²) in [5.41, 5.74) is 2.26. The Hall–Kier alpha value is -3.75. The minimum Gasteiger partial charge on any atom is -0.465 e. The van der Waals surface area contributed by atoms with E-state index in [2.05, 4.69) is 10.1 Å². The molecule has 3 aromatic rings. The number of nitrogens with zero attached hydrogens (tertiary/aromatic N) is 1. The Morgan fingerprint density at radius 1 is 0.909 bits per heavy atom. The maximum Gasteiger partial charge on any atom is 0.337 e. The summed E-state index contributed by atoms with van der Waals surface area (Å²) in [5.74, 6) is -0.994. The van der Waals surface area contributed by atoms with Crippen molar-refractivity contribution in [1.82, 2.24) is 4.31 Å². The van der Waals surface area contributed by atoms with Gasteiger partial charge in [0.2, 0.25) is 15.9 Å². The zero-order valence-corrected chi connectivity index (χ0v) is 18.9. The van der Waals surface area contributed by atoms with E-state index >= 15 is 0 Å². The molecule has 1 amide bonds. The highest BCUT2D eigenvalue weighted by molar-refractivity contribution is 7.92. The molecular weight excluding hydrogens is 440 g/mol. The molecular formula is C25H24N2O5S. The summed E-state index contributed by atoms with van der Waals surface area (Å²) in [7, 11) is -2.61. The Morgan fingerprint density at radius 3 is 2.12 bits per heavy atom. The summed E-state index contributed by atoms with van der Waals surface area (Å²) in [6.45, 7) is -0.341. The molecule has 3 aromatic carbocycles. The molecule has 0 atom stereocenters. The molecule has 0 radical (unpaired) electrons. The zero-order valence-electron chi connectivity index (χ0n) is 18.0. The standard InChI is InChI=1S/C25H24N2O5S/c1-32-25(29)22-12-14-23(15-13-22)26-24(28)19-27(18-21-10-6-3-7-11-21)33(30,31)17-16-20-8-4-2-5-9-20/h2-17H,18-19H2,1H3,(H,26,28)/b17-16+. The van der Waals surface area contributed by atoms with Crippen molar-refractivity contribution in [1.29, 1.82) is 0 Å². The molecule has 3 rings (SSSR count). The van der Waals surface area contributed by atoms with E-state index in [1.54, 1.807) is 36.4 Å². The number of hydrogen-bond acceptors (Lipinski definition) is 5. The third-order valence-electron chi connectivity index (χ3n) is 4.70. The summed E-state index contributed by atoms with van der Waals surface area (Å²) in [5, 5.41) is 3.77. The first kappa shape index (κ1) is 23.9. The number of anilines is 1. The lowest BCUT2D eigenvalue weighted by Crippen LogP contribution is -2.36. The van der Waals surface area contributed by atoms with Crippen molar-refractivity contribution in [3.05, 3.63) is 107 Å². The van der Waals surface area contributed by atoms with Crippen LogP contribution in [0.1, 0.15) is 21.5 Å². The lowest BCUT2D eigenvalue weighted by Gasteiger charge is -2.20. The second-order valence-electron chi connectivity index (χ2n) is 7.13. The van der Waals surface area contributed by atoms with Crippen LogP contribution in [-0.4, -0.2) is 38.3 Å². The van der Waals surface area contributed by atoms with Gasteiger partial charge in [0.1, 0.15) is 0 Å². The fourth-order valence-electron chi connectivity index (χ4n) is 3.01. The van der Waals surface area contributed by atoms with E-state index in [1.165, 1.54) is 25.3 Å². The summed E-state index contributed by atoms with van der Waals surface area (Å²) in [6.07, 6.45) is 1.50. The number of carbonyl (C=O) groups is 2. The van der Waals surface area contributed by atoms with E-state index in [0.717, 1.165) is 20.8 Å². The van der Waals surface area contributed by atoms with Gasteiger partial charge in [0.25, 0.3) is 0 Å². The van der Waals surface area contributed by atoms with Gasteiger partial charge in [-0.05, 0) is 41.5 Å². The molecule has 33 heavy (non-hydrogen) atoms. The lowest BCUT2D eigenvalue weighted by atomic mass is 10.2. The Balaban J connectivity index is 1.76. The molecule has 0 unspecified atom stereocenters. The van der Waals surface area contributed by atoms with Crippen LogP contribution in [0, 0.1) is 0 Å². The monoisotopic (exact) mass is 464 g/mol. The second kappa shape index (κ2) is 11.2. The van der Waals surface area contributed by atoms with E-state index in [4.69, 9.17) is 0 Å². The molecule has 0 saturated heterocycles. The minimum atomic E-state index is -3.90. The molecule has 0 fully saturated rings. The summed E-state index contributed by atoms with van der Waals surface area (Å²) in [4.78, 5) is 24.2. The number of methoxy groups -OCH3 is 1. The first-order valence-electron chi connectivity index (χ1n) is 10.1. The number of esters is 1. The van der Waals surface area contributed by atoms with E-state index in [1.807, 2.05) is 36.4 Å². The SMILES string of the molecule is COC(=O)c1ccc(NC(=O)CN(Cc2ccccc2)S(=O)(=O)/C=C/c2ccccc2)cc1. The fourth-order valence-corrected chi connectivity index (χ4v) is 4.13. The molecule has 8 heteroatoms. The number of ether oxygens (including phenoxy) is 1. The minimum absolute atomic E-state index is 0.0387. The number of amides is 1. The van der Waals surface area contributed by atoms with Crippen LogP contribution < -0.4 is 5.32 Å². The largest absolute Gasteiger partial charge is 0.465 e. The van der Waals surface area contributed by atoms with Gasteiger partial charge in [-0.2, -0.15) is 4.31 Å². The van der Waals surface area contributed by atoms with Gasteiger partial charge in [-0.3, -0.25) is 4.79 Å². The van der Waals surface area contributed by atoms with Gasteiger partial charge in [0, 0.05) is 17.6 Å². The van der Waals surface area contributed by atoms with E-state index in [-0.39, 0.29) is 13.1 Å². The molecule has 0 spiro atoms. The van der Waals surface area contributed by atoms with Gasteiger partial charge in [-0.25, -0.2) is 13.2 Å². The Labute approximate surface area is 193 Å². The normalized spacial score (nSPS) is 11.5.